The van der Waals surface area contributed by atoms with E-state index in [9.17, 15) is 13.2 Å². The summed E-state index contributed by atoms with van der Waals surface area (Å²) in [5, 5.41) is 0. The lowest BCUT2D eigenvalue weighted by atomic mass is 9.93. The second-order valence-electron chi connectivity index (χ2n) is 6.18. The predicted octanol–water partition coefficient (Wildman–Crippen LogP) is 4.69. The van der Waals surface area contributed by atoms with Gasteiger partial charge in [-0.05, 0) is 33.3 Å². The lowest BCUT2D eigenvalue weighted by Gasteiger charge is -2.32. The van der Waals surface area contributed by atoms with E-state index in [2.05, 4.69) is 0 Å². The Morgan fingerprint density at radius 3 is 1.90 bits per heavy atom. The number of hydrogen-bond donors (Lipinski definition) is 0. The third kappa shape index (κ3) is 6.91. The molecule has 0 amide bonds. The van der Waals surface area contributed by atoms with E-state index in [1.165, 1.54) is 6.92 Å². The first-order valence-corrected chi connectivity index (χ1v) is 6.47. The summed E-state index contributed by atoms with van der Waals surface area (Å²) in [6, 6.07) is 8.93. The molecule has 0 spiro atoms. The van der Waals surface area contributed by atoms with Crippen LogP contribution >= 0.6 is 0 Å². The van der Waals surface area contributed by atoms with Gasteiger partial charge >= 0.3 is 6.18 Å². The summed E-state index contributed by atoms with van der Waals surface area (Å²) in [6.07, 6.45) is -5.25. The largest absolute Gasteiger partial charge is 0.391 e. The quantitative estimate of drug-likeness (QED) is 0.578. The van der Waals surface area contributed by atoms with E-state index in [-0.39, 0.29) is 6.42 Å². The highest BCUT2D eigenvalue weighted by molar-refractivity contribution is 5.17. The molecule has 0 aliphatic carbocycles. The van der Waals surface area contributed by atoms with Gasteiger partial charge in [-0.2, -0.15) is 13.2 Å². The van der Waals surface area contributed by atoms with Crippen LogP contribution in [0.5, 0.6) is 0 Å². The second kappa shape index (κ2) is 6.14. The maximum absolute atomic E-state index is 12.7. The fourth-order valence-corrected chi connectivity index (χ4v) is 1.80. The highest BCUT2D eigenvalue weighted by Crippen LogP contribution is 2.33. The monoisotopic (exact) mass is 290 g/mol. The Balaban J connectivity index is 2.83. The van der Waals surface area contributed by atoms with Crippen molar-refractivity contribution in [3.8, 4) is 0 Å². The van der Waals surface area contributed by atoms with Gasteiger partial charge in [-0.1, -0.05) is 30.3 Å². The molecule has 0 N–H and O–H groups in total. The summed E-state index contributed by atoms with van der Waals surface area (Å²) < 4.78 is 38.2. The standard InChI is InChI=1S/C15H21F3O2/c1-13(2,3)19-20-14(4,11-15(16,17)18)10-12-8-6-5-7-9-12/h5-9H,10-11H2,1-4H3. The summed E-state index contributed by atoms with van der Waals surface area (Å²) in [4.78, 5) is 10.3. The first-order chi connectivity index (χ1) is 8.99. The molecule has 0 saturated carbocycles. The zero-order valence-corrected chi connectivity index (χ0v) is 12.3. The highest BCUT2D eigenvalue weighted by atomic mass is 19.4. The van der Waals surface area contributed by atoms with Crippen molar-refractivity contribution in [2.45, 2.75) is 57.9 Å². The van der Waals surface area contributed by atoms with Crippen molar-refractivity contribution in [2.75, 3.05) is 0 Å². The van der Waals surface area contributed by atoms with Gasteiger partial charge in [0.1, 0.15) is 5.60 Å². The zero-order chi connectivity index (χ0) is 15.4. The number of halogens is 3. The van der Waals surface area contributed by atoms with Gasteiger partial charge in [0.05, 0.1) is 12.0 Å². The molecule has 0 aliphatic rings. The molecule has 114 valence electrons. The summed E-state index contributed by atoms with van der Waals surface area (Å²) >= 11 is 0. The molecule has 0 heterocycles. The van der Waals surface area contributed by atoms with Gasteiger partial charge in [0.2, 0.25) is 0 Å². The molecular weight excluding hydrogens is 269 g/mol. The van der Waals surface area contributed by atoms with Crippen molar-refractivity contribution in [2.24, 2.45) is 0 Å². The molecule has 20 heavy (non-hydrogen) atoms. The fraction of sp³-hybridized carbons (Fsp3) is 0.600. The van der Waals surface area contributed by atoms with Crippen molar-refractivity contribution < 1.29 is 22.9 Å². The van der Waals surface area contributed by atoms with E-state index >= 15 is 0 Å². The maximum atomic E-state index is 12.7. The van der Waals surface area contributed by atoms with Crippen molar-refractivity contribution in [1.82, 2.24) is 0 Å². The van der Waals surface area contributed by atoms with Crippen LogP contribution in [0, 0.1) is 0 Å². The van der Waals surface area contributed by atoms with E-state index in [1.54, 1.807) is 45.0 Å². The van der Waals surface area contributed by atoms with Gasteiger partial charge in [0.25, 0.3) is 0 Å². The third-order valence-corrected chi connectivity index (χ3v) is 2.49. The Hall–Kier alpha value is -1.07. The van der Waals surface area contributed by atoms with Gasteiger partial charge in [-0.25, -0.2) is 9.78 Å². The smallest absolute Gasteiger partial charge is 0.230 e. The van der Waals surface area contributed by atoms with Gasteiger partial charge in [-0.3, -0.25) is 0 Å². The molecule has 0 fully saturated rings. The van der Waals surface area contributed by atoms with Crippen molar-refractivity contribution in [3.05, 3.63) is 35.9 Å². The molecular formula is C15H21F3O2. The van der Waals surface area contributed by atoms with Crippen molar-refractivity contribution >= 4 is 0 Å². The summed E-state index contributed by atoms with van der Waals surface area (Å²) in [6.45, 7) is 6.59. The van der Waals surface area contributed by atoms with Crippen LogP contribution in [-0.2, 0) is 16.2 Å². The Kier molecular flexibility index (Phi) is 5.21. The minimum Gasteiger partial charge on any atom is -0.230 e. The summed E-state index contributed by atoms with van der Waals surface area (Å²) in [5.74, 6) is 0. The van der Waals surface area contributed by atoms with E-state index in [4.69, 9.17) is 9.78 Å². The van der Waals surface area contributed by atoms with Gasteiger partial charge < -0.3 is 0 Å². The molecule has 5 heteroatoms. The number of rotatable bonds is 5. The molecule has 1 aromatic rings. The van der Waals surface area contributed by atoms with E-state index in [0.29, 0.717) is 0 Å². The van der Waals surface area contributed by atoms with Crippen molar-refractivity contribution in [3.63, 3.8) is 0 Å². The first kappa shape index (κ1) is 17.0. The SMILES string of the molecule is CC(C)(C)OOC(C)(Cc1ccccc1)CC(F)(F)F. The van der Waals surface area contributed by atoms with Gasteiger partial charge in [0.15, 0.2) is 0 Å². The third-order valence-electron chi connectivity index (χ3n) is 2.49. The van der Waals surface area contributed by atoms with Crippen LogP contribution in [0.25, 0.3) is 0 Å². The maximum Gasteiger partial charge on any atom is 0.391 e. The predicted molar refractivity (Wildman–Crippen MR) is 71.1 cm³/mol. The lowest BCUT2D eigenvalue weighted by molar-refractivity contribution is -0.410. The average molecular weight is 290 g/mol. The summed E-state index contributed by atoms with van der Waals surface area (Å²) in [7, 11) is 0. The van der Waals surface area contributed by atoms with Crippen LogP contribution in [0.3, 0.4) is 0 Å². The molecule has 2 nitrogen and oxygen atoms in total. The fourth-order valence-electron chi connectivity index (χ4n) is 1.80. The number of alkyl halides is 3. The minimum atomic E-state index is -4.31. The molecule has 0 radical (unpaired) electrons. The summed E-state index contributed by atoms with van der Waals surface area (Å²) in [5.41, 5.74) is -1.34. The molecule has 0 saturated heterocycles. The normalized spacial score (nSPS) is 15.9. The highest BCUT2D eigenvalue weighted by Gasteiger charge is 2.42. The molecule has 1 aromatic carbocycles. The first-order valence-electron chi connectivity index (χ1n) is 6.47. The van der Waals surface area contributed by atoms with E-state index in [0.717, 1.165) is 5.56 Å². The van der Waals surface area contributed by atoms with Gasteiger partial charge in [-0.15, -0.1) is 0 Å². The van der Waals surface area contributed by atoms with Crippen LogP contribution in [-0.4, -0.2) is 17.4 Å². The molecule has 0 aromatic heterocycles. The van der Waals surface area contributed by atoms with E-state index < -0.39 is 23.8 Å². The zero-order valence-electron chi connectivity index (χ0n) is 12.3. The second-order valence-corrected chi connectivity index (χ2v) is 6.18. The Morgan fingerprint density at radius 2 is 1.45 bits per heavy atom. The molecule has 1 unspecified atom stereocenters. The van der Waals surface area contributed by atoms with Crippen LogP contribution in [0.4, 0.5) is 13.2 Å². The van der Waals surface area contributed by atoms with Crippen LogP contribution in [0.15, 0.2) is 30.3 Å². The van der Waals surface area contributed by atoms with E-state index in [1.807, 2.05) is 6.07 Å². The molecule has 1 atom stereocenters. The van der Waals surface area contributed by atoms with Crippen LogP contribution in [0.2, 0.25) is 0 Å². The van der Waals surface area contributed by atoms with Gasteiger partial charge in [0, 0.05) is 6.42 Å². The lowest BCUT2D eigenvalue weighted by Crippen LogP contribution is -2.39. The Morgan fingerprint density at radius 1 is 0.900 bits per heavy atom. The molecule has 1 rings (SSSR count). The minimum absolute atomic E-state index is 0.128. The number of benzene rings is 1. The number of hydrogen-bond acceptors (Lipinski definition) is 2. The van der Waals surface area contributed by atoms with Crippen LogP contribution < -0.4 is 0 Å². The molecule has 0 aliphatic heterocycles. The van der Waals surface area contributed by atoms with Crippen molar-refractivity contribution in [1.29, 1.82) is 0 Å². The Bertz CT molecular complexity index is 409. The topological polar surface area (TPSA) is 18.5 Å². The average Bonchev–Trinajstić information content (AvgIpc) is 2.24. The van der Waals surface area contributed by atoms with Crippen LogP contribution in [0.1, 0.15) is 39.7 Å². The molecule has 0 bridgehead atoms. The Labute approximate surface area is 117 Å².